The quantitative estimate of drug-likeness (QED) is 0.0404. The molecule has 23 nitrogen and oxygen atoms in total. The Kier molecular flexibility index (Phi) is 32.0. The molecule has 10 atom stereocenters. The lowest BCUT2D eigenvalue weighted by Gasteiger charge is -2.34. The summed E-state index contributed by atoms with van der Waals surface area (Å²) < 4.78 is 0. The van der Waals surface area contributed by atoms with Crippen molar-refractivity contribution in [3.63, 3.8) is 0 Å². The molecule has 484 valence electrons. The number of rotatable bonds is 36. The lowest BCUT2D eigenvalue weighted by atomic mass is 9.94. The molecule has 85 heavy (non-hydrogen) atoms. The Morgan fingerprint density at radius 1 is 0.635 bits per heavy atom. The van der Waals surface area contributed by atoms with E-state index in [0.29, 0.717) is 32.4 Å². The number of likely N-dealkylation sites (tertiary alicyclic amines) is 1. The number of likely N-dealkylation sites (N-methyl/N-ethyl adjacent to an activating group) is 1. The fourth-order valence-electron chi connectivity index (χ4n) is 9.37. The van der Waals surface area contributed by atoms with Crippen molar-refractivity contribution in [3.8, 4) is 0 Å². The van der Waals surface area contributed by atoms with Gasteiger partial charge in [0.05, 0.1) is 6.10 Å². The Bertz CT molecular complexity index is 2350. The lowest BCUT2D eigenvalue weighted by Crippen LogP contribution is -2.66. The molecular weight excluding hydrogens is 1090 g/mol. The van der Waals surface area contributed by atoms with E-state index in [1.165, 1.54) is 58.6 Å². The van der Waals surface area contributed by atoms with E-state index in [9.17, 15) is 57.8 Å². The third-order valence-electron chi connectivity index (χ3n) is 14.7. The van der Waals surface area contributed by atoms with Gasteiger partial charge in [-0.3, -0.25) is 52.7 Å². The van der Waals surface area contributed by atoms with Crippen LogP contribution in [0.4, 0.5) is 0 Å². The summed E-state index contributed by atoms with van der Waals surface area (Å²) in [5.74, 6) is -7.69. The van der Waals surface area contributed by atoms with Crippen LogP contribution in [0.15, 0.2) is 24.3 Å². The summed E-state index contributed by atoms with van der Waals surface area (Å²) >= 11 is 0. The first-order valence-electron chi connectivity index (χ1n) is 30.4. The summed E-state index contributed by atoms with van der Waals surface area (Å²) in [5.41, 5.74) is -4.89. The number of aliphatic hydroxyl groups is 1. The van der Waals surface area contributed by atoms with Crippen molar-refractivity contribution in [2.75, 3.05) is 33.7 Å². The summed E-state index contributed by atoms with van der Waals surface area (Å²) in [7, 11) is 3.78. The molecule has 0 unspecified atom stereocenters. The van der Waals surface area contributed by atoms with E-state index < -0.39 is 106 Å². The van der Waals surface area contributed by atoms with Crippen LogP contribution < -0.4 is 47.9 Å². The number of aliphatic hydroxyl groups excluding tert-OH is 1. The molecular formula is C62H109N11O12. The van der Waals surface area contributed by atoms with Gasteiger partial charge in [0.2, 0.25) is 59.1 Å². The highest BCUT2D eigenvalue weighted by molar-refractivity contribution is 6.00. The molecule has 10 N–H and O–H groups in total. The molecule has 0 spiro atoms. The molecule has 0 bridgehead atoms. The minimum Gasteiger partial charge on any atom is -0.390 e. The third kappa shape index (κ3) is 27.3. The molecule has 0 aromatic heterocycles. The summed E-state index contributed by atoms with van der Waals surface area (Å²) in [6.45, 7) is 31.5. The van der Waals surface area contributed by atoms with Gasteiger partial charge in [0.25, 0.3) is 0 Å². The molecule has 0 aromatic carbocycles. The van der Waals surface area contributed by atoms with Crippen molar-refractivity contribution in [3.05, 3.63) is 24.3 Å². The van der Waals surface area contributed by atoms with Gasteiger partial charge in [0.15, 0.2) is 5.78 Å². The highest BCUT2D eigenvalue weighted by Gasteiger charge is 2.43. The molecule has 0 aromatic rings. The van der Waals surface area contributed by atoms with E-state index in [2.05, 4.69) is 47.9 Å². The fraction of sp³-hybridized carbons (Fsp3) is 0.758. The highest BCUT2D eigenvalue weighted by Crippen LogP contribution is 2.25. The van der Waals surface area contributed by atoms with Crippen LogP contribution in [0.2, 0.25) is 0 Å². The second-order valence-electron chi connectivity index (χ2n) is 26.6. The van der Waals surface area contributed by atoms with Gasteiger partial charge in [-0.05, 0) is 142 Å². The second-order valence-corrected chi connectivity index (χ2v) is 26.6. The van der Waals surface area contributed by atoms with Gasteiger partial charge in [0.1, 0.15) is 46.8 Å². The van der Waals surface area contributed by atoms with Crippen molar-refractivity contribution in [1.82, 2.24) is 57.7 Å². The third-order valence-corrected chi connectivity index (χ3v) is 14.7. The highest BCUT2D eigenvalue weighted by atomic mass is 16.3. The average molecular weight is 1200 g/mol. The first-order chi connectivity index (χ1) is 39.2. The standard InChI is InChI=1S/C62H109N11O12/c1-21-39(9)26-27-49(76)73-34-41(11)33-47(73)55(81)66-46(32-40(10)24-23-25-43(74)22-2)53(79)68-50(51(77)38(7)8)56(82)70-61(15,16)58(84)67-44(30-36(3)4)52(78)65-45(31-37(5)6)54(80)69-62(17,18)59(85)71-60(13,14)57(83)63-29-28-48(75)64-42(12)35-72(19)20/h23,25-27,36-42,44-47,50-51,77H,21-22,24,28-35H2,1-20H3,(H,63,83)(H,64,75)(H,65,78)(H,66,81)(H,67,84)(H,68,79)(H,69,80)(H,70,82)(H,71,85)/b25-23+,27-26+/t39-,40+,41-,42-,44-,45-,46-,47-,50-,51+/m0/s1. The maximum Gasteiger partial charge on any atom is 0.246 e. The Morgan fingerprint density at radius 3 is 1.71 bits per heavy atom. The minimum absolute atomic E-state index is 0.0126. The average Bonchev–Trinajstić information content (AvgIpc) is 3.42. The molecule has 0 saturated carbocycles. The topological polar surface area (TPSA) is 323 Å². The van der Waals surface area contributed by atoms with Gasteiger partial charge in [-0.1, -0.05) is 94.7 Å². The number of carbonyl (C=O) groups is 11. The van der Waals surface area contributed by atoms with Gasteiger partial charge < -0.3 is 62.8 Å². The number of amides is 10. The van der Waals surface area contributed by atoms with Crippen molar-refractivity contribution in [1.29, 1.82) is 0 Å². The SMILES string of the molecule is CCC(=O)/C=C/C[C@@H](C)C[C@H](NC(=O)[C@@H]1C[C@H](C)CN1C(=O)/C=C/[C@@H](C)CC)C(=O)N[C@H](C(=O)NC(C)(C)C(=O)N[C@@H](CC(C)C)C(=O)N[C@@H](CC(C)C)C(=O)NC(C)(C)C(=O)NC(C)(C)C(=O)NCCC(=O)N[C@@H](C)CN(C)C)[C@H](O)C(C)C. The van der Waals surface area contributed by atoms with Crippen molar-refractivity contribution in [2.45, 2.75) is 235 Å². The molecule has 1 aliphatic heterocycles. The lowest BCUT2D eigenvalue weighted by molar-refractivity contribution is -0.140. The number of carbonyl (C=O) groups excluding carboxylic acids is 11. The number of allylic oxidation sites excluding steroid dienone is 3. The molecule has 10 amide bonds. The fourth-order valence-corrected chi connectivity index (χ4v) is 9.37. The van der Waals surface area contributed by atoms with Crippen LogP contribution in [0.25, 0.3) is 0 Å². The van der Waals surface area contributed by atoms with Crippen molar-refractivity contribution < 1.29 is 57.8 Å². The van der Waals surface area contributed by atoms with Crippen LogP contribution in [0.1, 0.15) is 176 Å². The summed E-state index contributed by atoms with van der Waals surface area (Å²) in [5, 5.41) is 36.1. The summed E-state index contributed by atoms with van der Waals surface area (Å²) in [6, 6.07) is -6.41. The first kappa shape index (κ1) is 76.8. The molecule has 0 aliphatic carbocycles. The van der Waals surface area contributed by atoms with Crippen LogP contribution in [-0.2, 0) is 52.7 Å². The number of hydrogen-bond acceptors (Lipinski definition) is 13. The summed E-state index contributed by atoms with van der Waals surface area (Å²) in [4.78, 5) is 154. The van der Waals surface area contributed by atoms with Crippen LogP contribution in [0, 0.1) is 35.5 Å². The predicted molar refractivity (Wildman–Crippen MR) is 329 cm³/mol. The minimum atomic E-state index is -1.80. The Balaban J connectivity index is 3.42. The van der Waals surface area contributed by atoms with Gasteiger partial charge in [-0.15, -0.1) is 0 Å². The van der Waals surface area contributed by atoms with Gasteiger partial charge in [-0.25, -0.2) is 0 Å². The maximum atomic E-state index is 14.5. The zero-order valence-electron chi connectivity index (χ0n) is 54.9. The van der Waals surface area contributed by atoms with E-state index in [4.69, 9.17) is 0 Å². The van der Waals surface area contributed by atoms with E-state index in [1.54, 1.807) is 32.9 Å². The van der Waals surface area contributed by atoms with Crippen LogP contribution in [-0.4, -0.2) is 172 Å². The first-order valence-corrected chi connectivity index (χ1v) is 30.4. The van der Waals surface area contributed by atoms with Gasteiger partial charge >= 0.3 is 0 Å². The zero-order valence-corrected chi connectivity index (χ0v) is 54.9. The smallest absolute Gasteiger partial charge is 0.246 e. The normalized spacial score (nSPS) is 17.8. The monoisotopic (exact) mass is 1200 g/mol. The number of ketones is 1. The van der Waals surface area contributed by atoms with Crippen LogP contribution in [0.3, 0.4) is 0 Å². The van der Waals surface area contributed by atoms with E-state index >= 15 is 0 Å². The van der Waals surface area contributed by atoms with E-state index in [0.717, 1.165) is 6.42 Å². The molecule has 23 heteroatoms. The molecule has 1 rings (SSSR count). The molecule has 1 heterocycles. The van der Waals surface area contributed by atoms with Crippen LogP contribution >= 0.6 is 0 Å². The second kappa shape index (κ2) is 35.4. The maximum absolute atomic E-state index is 14.5. The zero-order chi connectivity index (χ0) is 65.5. The summed E-state index contributed by atoms with van der Waals surface area (Å²) in [6.07, 6.45) is 6.99. The van der Waals surface area contributed by atoms with E-state index in [1.807, 2.05) is 81.3 Å². The van der Waals surface area contributed by atoms with E-state index in [-0.39, 0.29) is 85.5 Å². The van der Waals surface area contributed by atoms with Gasteiger partial charge in [0, 0.05) is 38.5 Å². The van der Waals surface area contributed by atoms with Crippen molar-refractivity contribution in [2.24, 2.45) is 35.5 Å². The number of nitrogens with zero attached hydrogens (tertiary/aromatic N) is 2. The number of nitrogens with one attached hydrogen (secondary N) is 9. The number of hydrogen-bond donors (Lipinski definition) is 10. The predicted octanol–water partition coefficient (Wildman–Crippen LogP) is 3.08. The largest absolute Gasteiger partial charge is 0.390 e. The Labute approximate surface area is 507 Å². The van der Waals surface area contributed by atoms with Gasteiger partial charge in [-0.2, -0.15) is 0 Å². The Morgan fingerprint density at radius 2 is 1.16 bits per heavy atom. The molecule has 1 saturated heterocycles. The molecule has 1 fully saturated rings. The van der Waals surface area contributed by atoms with Crippen molar-refractivity contribution >= 4 is 64.9 Å². The molecule has 1 aliphatic rings. The Hall–Kier alpha value is -6.23. The molecule has 0 radical (unpaired) electrons. The van der Waals surface area contributed by atoms with Crippen LogP contribution in [0.5, 0.6) is 0 Å².